The van der Waals surface area contributed by atoms with Gasteiger partial charge in [-0.15, -0.1) is 0 Å². The third kappa shape index (κ3) is 1.97. The number of rotatable bonds is 2. The van der Waals surface area contributed by atoms with E-state index in [4.69, 9.17) is 0 Å². The van der Waals surface area contributed by atoms with Gasteiger partial charge in [-0.2, -0.15) is 0 Å². The summed E-state index contributed by atoms with van der Waals surface area (Å²) >= 11 is 3.48. The molecule has 1 N–H and O–H groups in total. The molecular formula is C12H13BrN2O. The van der Waals surface area contributed by atoms with E-state index in [1.165, 1.54) is 0 Å². The van der Waals surface area contributed by atoms with Crippen molar-refractivity contribution in [1.82, 2.24) is 9.55 Å². The second kappa shape index (κ2) is 4.29. The van der Waals surface area contributed by atoms with Crippen molar-refractivity contribution in [2.24, 2.45) is 0 Å². The Labute approximate surface area is 103 Å². The second-order valence-corrected chi connectivity index (χ2v) is 4.73. The normalized spacial score (nSPS) is 11.0. The van der Waals surface area contributed by atoms with Gasteiger partial charge in [-0.1, -0.05) is 0 Å². The molecule has 0 unspecified atom stereocenters. The molecule has 0 aliphatic rings. The summed E-state index contributed by atoms with van der Waals surface area (Å²) in [5.41, 5.74) is 0.997. The number of halogens is 1. The molecule has 2 rings (SSSR count). The first-order valence-corrected chi connectivity index (χ1v) is 5.91. The van der Waals surface area contributed by atoms with Gasteiger partial charge in [0.05, 0.1) is 6.20 Å². The Hall–Kier alpha value is -1.29. The van der Waals surface area contributed by atoms with Gasteiger partial charge in [-0.25, -0.2) is 4.98 Å². The summed E-state index contributed by atoms with van der Waals surface area (Å²) in [6.45, 7) is 4.21. The highest BCUT2D eigenvalue weighted by Gasteiger charge is 2.12. The molecule has 2 aromatic rings. The lowest BCUT2D eigenvalue weighted by molar-refractivity contribution is 0.475. The average molecular weight is 281 g/mol. The third-order valence-corrected chi connectivity index (χ3v) is 2.98. The van der Waals surface area contributed by atoms with E-state index < -0.39 is 0 Å². The van der Waals surface area contributed by atoms with Crippen LogP contribution in [0.25, 0.3) is 11.4 Å². The molecule has 0 aliphatic heterocycles. The smallest absolute Gasteiger partial charge is 0.141 e. The van der Waals surface area contributed by atoms with Crippen LogP contribution >= 0.6 is 15.9 Å². The Morgan fingerprint density at radius 3 is 2.44 bits per heavy atom. The molecule has 0 saturated carbocycles. The molecule has 0 amide bonds. The van der Waals surface area contributed by atoms with Crippen molar-refractivity contribution in [2.45, 2.75) is 19.9 Å². The van der Waals surface area contributed by atoms with Crippen molar-refractivity contribution in [2.75, 3.05) is 0 Å². The van der Waals surface area contributed by atoms with Crippen molar-refractivity contribution in [1.29, 1.82) is 0 Å². The molecule has 0 fully saturated rings. The molecule has 1 aromatic heterocycles. The first-order chi connectivity index (χ1) is 7.59. The van der Waals surface area contributed by atoms with Gasteiger partial charge in [-0.05, 0) is 54.0 Å². The number of phenols is 1. The molecule has 84 valence electrons. The fourth-order valence-electron chi connectivity index (χ4n) is 1.66. The van der Waals surface area contributed by atoms with E-state index >= 15 is 0 Å². The SMILES string of the molecule is CC(C)n1c(Br)cnc1-c1ccc(O)cc1. The molecule has 1 heterocycles. The topological polar surface area (TPSA) is 38.0 Å². The minimum Gasteiger partial charge on any atom is -0.508 e. The number of benzene rings is 1. The van der Waals surface area contributed by atoms with E-state index in [0.717, 1.165) is 16.0 Å². The van der Waals surface area contributed by atoms with Gasteiger partial charge in [0, 0.05) is 11.6 Å². The van der Waals surface area contributed by atoms with Gasteiger partial charge < -0.3 is 9.67 Å². The molecular weight excluding hydrogens is 268 g/mol. The summed E-state index contributed by atoms with van der Waals surface area (Å²) in [7, 11) is 0. The highest BCUT2D eigenvalue weighted by atomic mass is 79.9. The van der Waals surface area contributed by atoms with Gasteiger partial charge >= 0.3 is 0 Å². The van der Waals surface area contributed by atoms with Crippen LogP contribution in [0.4, 0.5) is 0 Å². The van der Waals surface area contributed by atoms with Crippen molar-refractivity contribution >= 4 is 15.9 Å². The van der Waals surface area contributed by atoms with E-state index in [1.807, 2.05) is 12.1 Å². The molecule has 4 heteroatoms. The number of phenolic OH excluding ortho intramolecular Hbond substituents is 1. The summed E-state index contributed by atoms with van der Waals surface area (Å²) in [5.74, 6) is 1.17. The van der Waals surface area contributed by atoms with Crippen LogP contribution in [0.2, 0.25) is 0 Å². The van der Waals surface area contributed by atoms with Crippen LogP contribution in [0.15, 0.2) is 35.1 Å². The number of nitrogens with zero attached hydrogens (tertiary/aromatic N) is 2. The van der Waals surface area contributed by atoms with Crippen LogP contribution < -0.4 is 0 Å². The van der Waals surface area contributed by atoms with E-state index in [1.54, 1.807) is 18.3 Å². The molecule has 0 atom stereocenters. The number of aromatic nitrogens is 2. The summed E-state index contributed by atoms with van der Waals surface area (Å²) in [6, 6.07) is 7.40. The largest absolute Gasteiger partial charge is 0.508 e. The molecule has 0 bridgehead atoms. The molecule has 0 saturated heterocycles. The minimum absolute atomic E-state index is 0.269. The number of aromatic hydroxyl groups is 1. The van der Waals surface area contributed by atoms with E-state index in [-0.39, 0.29) is 5.75 Å². The Morgan fingerprint density at radius 2 is 1.88 bits per heavy atom. The fraction of sp³-hybridized carbons (Fsp3) is 0.250. The maximum Gasteiger partial charge on any atom is 0.141 e. The van der Waals surface area contributed by atoms with Crippen LogP contribution in [0, 0.1) is 0 Å². The number of hydrogen-bond donors (Lipinski definition) is 1. The zero-order chi connectivity index (χ0) is 11.7. The molecule has 0 radical (unpaired) electrons. The zero-order valence-electron chi connectivity index (χ0n) is 9.18. The predicted octanol–water partition coefficient (Wildman–Crippen LogP) is 3.60. The van der Waals surface area contributed by atoms with Crippen LogP contribution in [-0.2, 0) is 0 Å². The highest BCUT2D eigenvalue weighted by molar-refractivity contribution is 9.10. The van der Waals surface area contributed by atoms with Crippen LogP contribution in [0.3, 0.4) is 0 Å². The summed E-state index contributed by atoms with van der Waals surface area (Å²) < 4.78 is 3.07. The maximum absolute atomic E-state index is 9.25. The van der Waals surface area contributed by atoms with E-state index in [9.17, 15) is 5.11 Å². The lowest BCUT2D eigenvalue weighted by atomic mass is 10.2. The monoisotopic (exact) mass is 280 g/mol. The lowest BCUT2D eigenvalue weighted by Crippen LogP contribution is -2.03. The van der Waals surface area contributed by atoms with Gasteiger partial charge in [0.25, 0.3) is 0 Å². The van der Waals surface area contributed by atoms with Gasteiger partial charge in [0.1, 0.15) is 16.2 Å². The van der Waals surface area contributed by atoms with Crippen molar-refractivity contribution in [3.63, 3.8) is 0 Å². The molecule has 0 spiro atoms. The van der Waals surface area contributed by atoms with Gasteiger partial charge in [-0.3, -0.25) is 0 Å². The Balaban J connectivity index is 2.52. The van der Waals surface area contributed by atoms with Gasteiger partial charge in [0.2, 0.25) is 0 Å². The first-order valence-electron chi connectivity index (χ1n) is 5.11. The summed E-state index contributed by atoms with van der Waals surface area (Å²) in [5, 5.41) is 9.25. The van der Waals surface area contributed by atoms with E-state index in [2.05, 4.69) is 39.3 Å². The van der Waals surface area contributed by atoms with Crippen LogP contribution in [0.1, 0.15) is 19.9 Å². The second-order valence-electron chi connectivity index (χ2n) is 3.92. The molecule has 3 nitrogen and oxygen atoms in total. The maximum atomic E-state index is 9.25. The minimum atomic E-state index is 0.269. The number of imidazole rings is 1. The van der Waals surface area contributed by atoms with Crippen molar-refractivity contribution in [3.05, 3.63) is 35.1 Å². The molecule has 0 aliphatic carbocycles. The van der Waals surface area contributed by atoms with Crippen molar-refractivity contribution in [3.8, 4) is 17.1 Å². The van der Waals surface area contributed by atoms with Crippen molar-refractivity contribution < 1.29 is 5.11 Å². The fourth-order valence-corrected chi connectivity index (χ4v) is 2.34. The average Bonchev–Trinajstić information content (AvgIpc) is 2.61. The standard InChI is InChI=1S/C12H13BrN2O/c1-8(2)15-11(13)7-14-12(15)9-3-5-10(16)6-4-9/h3-8,16H,1-2H3. The molecule has 16 heavy (non-hydrogen) atoms. The van der Waals surface area contributed by atoms with Crippen LogP contribution in [-0.4, -0.2) is 14.7 Å². The quantitative estimate of drug-likeness (QED) is 0.913. The first kappa shape index (κ1) is 11.2. The Morgan fingerprint density at radius 1 is 1.25 bits per heavy atom. The zero-order valence-corrected chi connectivity index (χ0v) is 10.8. The Kier molecular flexibility index (Phi) is 3.01. The number of hydrogen-bond acceptors (Lipinski definition) is 2. The van der Waals surface area contributed by atoms with E-state index in [0.29, 0.717) is 6.04 Å². The third-order valence-electron chi connectivity index (χ3n) is 2.39. The predicted molar refractivity (Wildman–Crippen MR) is 67.4 cm³/mol. The Bertz CT molecular complexity index is 488. The van der Waals surface area contributed by atoms with Gasteiger partial charge in [0.15, 0.2) is 0 Å². The molecule has 1 aromatic carbocycles. The highest BCUT2D eigenvalue weighted by Crippen LogP contribution is 2.27. The summed E-state index contributed by atoms with van der Waals surface area (Å²) in [6.07, 6.45) is 1.79. The summed E-state index contributed by atoms with van der Waals surface area (Å²) in [4.78, 5) is 4.37. The lowest BCUT2D eigenvalue weighted by Gasteiger charge is -2.13. The van der Waals surface area contributed by atoms with Crippen LogP contribution in [0.5, 0.6) is 5.75 Å².